The van der Waals surface area contributed by atoms with Crippen LogP contribution in [0.5, 0.6) is 0 Å². The minimum absolute atomic E-state index is 0.0614. The van der Waals surface area contributed by atoms with Crippen LogP contribution in [0, 0.1) is 11.6 Å². The van der Waals surface area contributed by atoms with Crippen molar-refractivity contribution >= 4 is 0 Å². The number of hydrogen-bond donors (Lipinski definition) is 1. The zero-order valence-corrected chi connectivity index (χ0v) is 13.4. The highest BCUT2D eigenvalue weighted by Crippen LogP contribution is 2.26. The Bertz CT molecular complexity index is 728. The summed E-state index contributed by atoms with van der Waals surface area (Å²) in [5.74, 6) is -1.12. The highest BCUT2D eigenvalue weighted by molar-refractivity contribution is 5.32. The first-order valence-corrected chi connectivity index (χ1v) is 7.95. The fraction of sp³-hybridized carbons (Fsp3) is 0.143. The van der Waals surface area contributed by atoms with Gasteiger partial charge < -0.3 is 0 Å². The van der Waals surface area contributed by atoms with Crippen LogP contribution in [0.1, 0.15) is 35.7 Å². The van der Waals surface area contributed by atoms with E-state index in [0.29, 0.717) is 5.56 Å². The standard InChI is InChI=1S/C21H19F2N/c1-15(18-12-19(22)14-20(23)13-18)24-21(16-8-4-2-5-9-16)17-10-6-3-7-11-17/h2-15,21,24H,1H3/t15-/m1/s1. The number of benzene rings is 3. The van der Waals surface area contributed by atoms with Crippen LogP contribution in [0.2, 0.25) is 0 Å². The SMILES string of the molecule is C[C@@H](NC(c1ccccc1)c1ccccc1)c1cc(F)cc(F)c1. The molecule has 0 spiro atoms. The average molecular weight is 323 g/mol. The largest absolute Gasteiger partial charge is 0.300 e. The van der Waals surface area contributed by atoms with E-state index in [1.807, 2.05) is 67.6 Å². The molecule has 3 rings (SSSR count). The minimum Gasteiger partial charge on any atom is -0.300 e. The van der Waals surface area contributed by atoms with Crippen LogP contribution in [0.4, 0.5) is 8.78 Å². The quantitative estimate of drug-likeness (QED) is 0.662. The van der Waals surface area contributed by atoms with Gasteiger partial charge in [-0.25, -0.2) is 8.78 Å². The first kappa shape index (κ1) is 16.3. The lowest BCUT2D eigenvalue weighted by Gasteiger charge is -2.25. The Balaban J connectivity index is 1.92. The van der Waals surface area contributed by atoms with E-state index in [-0.39, 0.29) is 12.1 Å². The molecule has 0 aliphatic rings. The second-order valence-electron chi connectivity index (χ2n) is 5.85. The average Bonchev–Trinajstić information content (AvgIpc) is 2.60. The molecule has 0 saturated carbocycles. The van der Waals surface area contributed by atoms with Gasteiger partial charge in [0.2, 0.25) is 0 Å². The maximum atomic E-state index is 13.5. The van der Waals surface area contributed by atoms with Gasteiger partial charge >= 0.3 is 0 Å². The molecule has 0 aliphatic heterocycles. The number of hydrogen-bond acceptors (Lipinski definition) is 1. The molecule has 122 valence electrons. The van der Waals surface area contributed by atoms with Crippen molar-refractivity contribution in [1.29, 1.82) is 0 Å². The third kappa shape index (κ3) is 3.87. The summed E-state index contributed by atoms with van der Waals surface area (Å²) in [6.45, 7) is 1.91. The summed E-state index contributed by atoms with van der Waals surface area (Å²) in [4.78, 5) is 0. The number of rotatable bonds is 5. The highest BCUT2D eigenvalue weighted by Gasteiger charge is 2.18. The van der Waals surface area contributed by atoms with Crippen molar-refractivity contribution < 1.29 is 8.78 Å². The van der Waals surface area contributed by atoms with E-state index in [0.717, 1.165) is 17.2 Å². The van der Waals surface area contributed by atoms with Crippen LogP contribution in [-0.4, -0.2) is 0 Å². The fourth-order valence-corrected chi connectivity index (χ4v) is 2.85. The van der Waals surface area contributed by atoms with Gasteiger partial charge in [-0.3, -0.25) is 5.32 Å². The Kier molecular flexibility index (Phi) is 5.02. The van der Waals surface area contributed by atoms with E-state index in [9.17, 15) is 8.78 Å². The fourth-order valence-electron chi connectivity index (χ4n) is 2.85. The molecular weight excluding hydrogens is 304 g/mol. The van der Waals surface area contributed by atoms with Crippen LogP contribution in [0.25, 0.3) is 0 Å². The Hall–Kier alpha value is -2.52. The van der Waals surface area contributed by atoms with Crippen molar-refractivity contribution in [2.45, 2.75) is 19.0 Å². The van der Waals surface area contributed by atoms with Crippen LogP contribution in [0.15, 0.2) is 78.9 Å². The van der Waals surface area contributed by atoms with Crippen molar-refractivity contribution in [3.8, 4) is 0 Å². The predicted molar refractivity (Wildman–Crippen MR) is 92.6 cm³/mol. The Morgan fingerprint density at radius 3 is 1.58 bits per heavy atom. The summed E-state index contributed by atoms with van der Waals surface area (Å²) in [5.41, 5.74) is 2.80. The molecule has 1 atom stereocenters. The molecule has 0 aliphatic carbocycles. The molecular formula is C21H19F2N. The molecule has 0 aromatic heterocycles. The maximum Gasteiger partial charge on any atom is 0.126 e. The molecule has 0 amide bonds. The lowest BCUT2D eigenvalue weighted by molar-refractivity contribution is 0.506. The van der Waals surface area contributed by atoms with Gasteiger partial charge in [-0.15, -0.1) is 0 Å². The molecule has 3 heteroatoms. The summed E-state index contributed by atoms with van der Waals surface area (Å²) >= 11 is 0. The predicted octanol–water partition coefficient (Wildman–Crippen LogP) is 5.41. The van der Waals surface area contributed by atoms with Gasteiger partial charge in [-0.1, -0.05) is 60.7 Å². The molecule has 0 heterocycles. The zero-order chi connectivity index (χ0) is 16.9. The van der Waals surface area contributed by atoms with Gasteiger partial charge in [0.15, 0.2) is 0 Å². The van der Waals surface area contributed by atoms with Gasteiger partial charge in [-0.2, -0.15) is 0 Å². The second-order valence-corrected chi connectivity index (χ2v) is 5.85. The second kappa shape index (κ2) is 7.37. The molecule has 1 N–H and O–H groups in total. The van der Waals surface area contributed by atoms with E-state index in [4.69, 9.17) is 0 Å². The van der Waals surface area contributed by atoms with Crippen molar-refractivity contribution in [2.24, 2.45) is 0 Å². The van der Waals surface area contributed by atoms with Crippen molar-refractivity contribution in [2.75, 3.05) is 0 Å². The third-order valence-corrected chi connectivity index (χ3v) is 4.07. The van der Waals surface area contributed by atoms with Gasteiger partial charge in [0.25, 0.3) is 0 Å². The van der Waals surface area contributed by atoms with E-state index in [1.165, 1.54) is 12.1 Å². The van der Waals surface area contributed by atoms with Gasteiger partial charge in [0, 0.05) is 12.1 Å². The summed E-state index contributed by atoms with van der Waals surface area (Å²) < 4.78 is 27.0. The molecule has 24 heavy (non-hydrogen) atoms. The summed E-state index contributed by atoms with van der Waals surface area (Å²) in [6, 6.07) is 23.4. The van der Waals surface area contributed by atoms with E-state index < -0.39 is 11.6 Å². The Morgan fingerprint density at radius 1 is 0.667 bits per heavy atom. The van der Waals surface area contributed by atoms with Crippen molar-refractivity contribution in [1.82, 2.24) is 5.32 Å². The Morgan fingerprint density at radius 2 is 1.12 bits per heavy atom. The van der Waals surface area contributed by atoms with Crippen LogP contribution < -0.4 is 5.32 Å². The Labute approximate surface area is 141 Å². The molecule has 0 saturated heterocycles. The lowest BCUT2D eigenvalue weighted by Crippen LogP contribution is -2.25. The monoisotopic (exact) mass is 323 g/mol. The zero-order valence-electron chi connectivity index (χ0n) is 13.4. The first-order valence-electron chi connectivity index (χ1n) is 7.95. The smallest absolute Gasteiger partial charge is 0.126 e. The summed E-state index contributed by atoms with van der Waals surface area (Å²) in [5, 5.41) is 3.49. The molecule has 0 radical (unpaired) electrons. The van der Waals surface area contributed by atoms with Crippen molar-refractivity contribution in [3.05, 3.63) is 107 Å². The van der Waals surface area contributed by atoms with Gasteiger partial charge in [0.05, 0.1) is 6.04 Å². The third-order valence-electron chi connectivity index (χ3n) is 4.07. The summed E-state index contributed by atoms with van der Waals surface area (Å²) in [7, 11) is 0. The van der Waals surface area contributed by atoms with Crippen molar-refractivity contribution in [3.63, 3.8) is 0 Å². The molecule has 0 fully saturated rings. The van der Waals surface area contributed by atoms with Crippen LogP contribution in [0.3, 0.4) is 0 Å². The van der Waals surface area contributed by atoms with E-state index >= 15 is 0 Å². The molecule has 3 aromatic rings. The van der Waals surface area contributed by atoms with Gasteiger partial charge in [-0.05, 0) is 35.7 Å². The van der Waals surface area contributed by atoms with Crippen LogP contribution >= 0.6 is 0 Å². The van der Waals surface area contributed by atoms with E-state index in [1.54, 1.807) is 0 Å². The van der Waals surface area contributed by atoms with Gasteiger partial charge in [0.1, 0.15) is 11.6 Å². The molecule has 0 bridgehead atoms. The topological polar surface area (TPSA) is 12.0 Å². The lowest BCUT2D eigenvalue weighted by atomic mass is 9.96. The normalized spacial score (nSPS) is 12.3. The minimum atomic E-state index is -0.561. The van der Waals surface area contributed by atoms with E-state index in [2.05, 4.69) is 5.32 Å². The molecule has 0 unspecified atom stereocenters. The number of nitrogens with one attached hydrogen (secondary N) is 1. The highest BCUT2D eigenvalue weighted by atomic mass is 19.1. The summed E-state index contributed by atoms with van der Waals surface area (Å²) in [6.07, 6.45) is 0. The van der Waals surface area contributed by atoms with Crippen LogP contribution in [-0.2, 0) is 0 Å². The molecule has 3 aromatic carbocycles. The first-order chi connectivity index (χ1) is 11.6. The molecule has 1 nitrogen and oxygen atoms in total. The maximum absolute atomic E-state index is 13.5. The number of halogens is 2.